The van der Waals surface area contributed by atoms with Crippen molar-refractivity contribution < 1.29 is 14.6 Å². The van der Waals surface area contributed by atoms with Gasteiger partial charge in [-0.05, 0) is 55.6 Å². The van der Waals surface area contributed by atoms with Crippen LogP contribution in [-0.2, 0) is 16.0 Å². The van der Waals surface area contributed by atoms with Gasteiger partial charge in [0.15, 0.2) is 0 Å². The smallest absolute Gasteiger partial charge is 0.310 e. The highest BCUT2D eigenvalue weighted by Crippen LogP contribution is 2.25. The number of aliphatic carboxylic acids is 1. The average molecular weight is 498 g/mol. The second kappa shape index (κ2) is 16.1. The molecule has 0 aliphatic carbocycles. The number of nitrogens with zero attached hydrogens (tertiary/aromatic N) is 1. The third-order valence-corrected chi connectivity index (χ3v) is 5.52. The first-order valence-corrected chi connectivity index (χ1v) is 12.0. The number of halogens is 1. The molecule has 3 aromatic carbocycles. The van der Waals surface area contributed by atoms with Gasteiger partial charge in [-0.2, -0.15) is 0 Å². The molecule has 35 heavy (non-hydrogen) atoms. The normalized spacial score (nSPS) is 11.5. The summed E-state index contributed by atoms with van der Waals surface area (Å²) in [5, 5.41) is 8.85. The van der Waals surface area contributed by atoms with E-state index in [2.05, 4.69) is 81.4 Å². The van der Waals surface area contributed by atoms with Crippen molar-refractivity contribution in [3.05, 3.63) is 107 Å². The minimum atomic E-state index is -0.772. The molecule has 5 heteroatoms. The lowest BCUT2D eigenvalue weighted by Gasteiger charge is -2.20. The maximum Gasteiger partial charge on any atom is 0.310 e. The molecule has 0 bridgehead atoms. The quantitative estimate of drug-likeness (QED) is 0.333. The number of benzene rings is 3. The second-order valence-corrected chi connectivity index (χ2v) is 9.27. The second-order valence-electron chi connectivity index (χ2n) is 9.27. The van der Waals surface area contributed by atoms with Crippen LogP contribution < -0.4 is 0 Å². The molecule has 0 radical (unpaired) electrons. The molecule has 190 valence electrons. The molecule has 1 atom stereocenters. The Hall–Kier alpha value is -2.66. The van der Waals surface area contributed by atoms with Gasteiger partial charge in [-0.3, -0.25) is 4.79 Å². The number of carboxylic acids is 1. The van der Waals surface area contributed by atoms with Crippen LogP contribution in [0, 0.1) is 5.92 Å². The molecule has 0 aliphatic heterocycles. The van der Waals surface area contributed by atoms with Crippen LogP contribution in [0.15, 0.2) is 84.9 Å². The molecule has 0 amide bonds. The Morgan fingerprint density at radius 2 is 1.29 bits per heavy atom. The Bertz CT molecular complexity index is 920. The monoisotopic (exact) mass is 497 g/mol. The summed E-state index contributed by atoms with van der Waals surface area (Å²) in [6.07, 6.45) is 1.06. The summed E-state index contributed by atoms with van der Waals surface area (Å²) in [7, 11) is 4.12. The molecule has 4 nitrogen and oxygen atoms in total. The van der Waals surface area contributed by atoms with Gasteiger partial charge in [0.25, 0.3) is 0 Å². The lowest BCUT2D eigenvalue weighted by molar-refractivity contribution is -0.138. The van der Waals surface area contributed by atoms with Crippen molar-refractivity contribution in [1.29, 1.82) is 0 Å². The van der Waals surface area contributed by atoms with E-state index in [4.69, 9.17) is 9.84 Å². The van der Waals surface area contributed by atoms with Gasteiger partial charge in [0.05, 0.1) is 12.5 Å². The first kappa shape index (κ1) is 30.4. The van der Waals surface area contributed by atoms with Crippen molar-refractivity contribution in [3.8, 4) is 0 Å². The Morgan fingerprint density at radius 3 is 1.69 bits per heavy atom. The van der Waals surface area contributed by atoms with Crippen LogP contribution in [0.1, 0.15) is 55.0 Å². The third-order valence-electron chi connectivity index (χ3n) is 5.52. The van der Waals surface area contributed by atoms with Crippen LogP contribution in [0.5, 0.6) is 0 Å². The zero-order valence-electron chi connectivity index (χ0n) is 21.6. The summed E-state index contributed by atoms with van der Waals surface area (Å²) in [6, 6.07) is 28.6. The van der Waals surface area contributed by atoms with Crippen LogP contribution >= 0.6 is 12.4 Å². The first-order valence-electron chi connectivity index (χ1n) is 12.0. The fourth-order valence-electron chi connectivity index (χ4n) is 3.55. The molecule has 0 fully saturated rings. The van der Waals surface area contributed by atoms with Gasteiger partial charge in [0, 0.05) is 6.54 Å². The van der Waals surface area contributed by atoms with E-state index in [1.165, 1.54) is 16.7 Å². The molecular weight excluding hydrogens is 458 g/mol. The standard InChI is InChI=1S/C17H21NO.C13H18O2.ClH/c1-18(2)13-14-19-17(15-9-5-3-6-10-15)16-11-7-4-8-12-16;1-9(2)8-11-4-6-12(7-5-11)10(3)13(14)15;/h3-12,17H,13-14H2,1-2H3;4-7,9-10H,8H2,1-3H3,(H,14,15);1H. The fraction of sp³-hybridized carbons (Fsp3) is 0.367. The van der Waals surface area contributed by atoms with Gasteiger partial charge in [-0.15, -0.1) is 12.4 Å². The zero-order chi connectivity index (χ0) is 24.9. The summed E-state index contributed by atoms with van der Waals surface area (Å²) in [5.41, 5.74) is 4.54. The van der Waals surface area contributed by atoms with Crippen molar-refractivity contribution in [2.45, 2.75) is 39.2 Å². The van der Waals surface area contributed by atoms with E-state index in [1.54, 1.807) is 6.92 Å². The molecule has 1 unspecified atom stereocenters. The number of likely N-dealkylation sites (N-methyl/N-ethyl adjacent to an activating group) is 1. The molecule has 0 saturated heterocycles. The van der Waals surface area contributed by atoms with Crippen molar-refractivity contribution >= 4 is 18.4 Å². The predicted octanol–water partition coefficient (Wildman–Crippen LogP) is 6.85. The maximum absolute atomic E-state index is 10.8. The summed E-state index contributed by atoms with van der Waals surface area (Å²) >= 11 is 0. The van der Waals surface area contributed by atoms with Gasteiger partial charge in [-0.1, -0.05) is 98.8 Å². The van der Waals surface area contributed by atoms with Crippen LogP contribution in [0.4, 0.5) is 0 Å². The Labute approximate surface area is 217 Å². The first-order chi connectivity index (χ1) is 16.3. The number of ether oxygens (including phenoxy) is 1. The van der Waals surface area contributed by atoms with E-state index < -0.39 is 11.9 Å². The Kier molecular flexibility index (Phi) is 14.0. The zero-order valence-corrected chi connectivity index (χ0v) is 22.4. The minimum absolute atomic E-state index is 0. The van der Waals surface area contributed by atoms with Gasteiger partial charge < -0.3 is 14.7 Å². The summed E-state index contributed by atoms with van der Waals surface area (Å²) in [4.78, 5) is 12.9. The molecule has 0 saturated carbocycles. The van der Waals surface area contributed by atoms with E-state index in [9.17, 15) is 4.79 Å². The Balaban J connectivity index is 0.000000350. The molecule has 0 aromatic heterocycles. The van der Waals surface area contributed by atoms with E-state index in [1.807, 2.05) is 36.4 Å². The summed E-state index contributed by atoms with van der Waals surface area (Å²) < 4.78 is 6.08. The highest BCUT2D eigenvalue weighted by molar-refractivity contribution is 5.85. The lowest BCUT2D eigenvalue weighted by atomic mass is 9.97. The number of carboxylic acid groups (broad SMARTS) is 1. The van der Waals surface area contributed by atoms with E-state index in [0.717, 1.165) is 25.1 Å². The van der Waals surface area contributed by atoms with Crippen molar-refractivity contribution in [2.24, 2.45) is 5.92 Å². The highest BCUT2D eigenvalue weighted by atomic mass is 35.5. The van der Waals surface area contributed by atoms with Crippen LogP contribution in [0.25, 0.3) is 0 Å². The highest BCUT2D eigenvalue weighted by Gasteiger charge is 2.14. The molecule has 0 spiro atoms. The molecular formula is C30H40ClNO3. The minimum Gasteiger partial charge on any atom is -0.481 e. The SMILES string of the molecule is CC(C)Cc1ccc(C(C)C(=O)O)cc1.CN(C)CCOC(c1ccccc1)c1ccccc1.Cl. The number of carbonyl (C=O) groups is 1. The topological polar surface area (TPSA) is 49.8 Å². The molecule has 0 aliphatic rings. The number of rotatable bonds is 10. The predicted molar refractivity (Wildman–Crippen MR) is 148 cm³/mol. The summed E-state index contributed by atoms with van der Waals surface area (Å²) in [6.45, 7) is 7.71. The van der Waals surface area contributed by atoms with Crippen molar-refractivity contribution in [1.82, 2.24) is 4.90 Å². The summed E-state index contributed by atoms with van der Waals surface area (Å²) in [5.74, 6) is -0.558. The molecule has 0 heterocycles. The van der Waals surface area contributed by atoms with E-state index >= 15 is 0 Å². The van der Waals surface area contributed by atoms with Gasteiger partial charge in [-0.25, -0.2) is 0 Å². The van der Waals surface area contributed by atoms with E-state index in [0.29, 0.717) is 5.92 Å². The van der Waals surface area contributed by atoms with Crippen LogP contribution in [0.3, 0.4) is 0 Å². The molecule has 1 N–H and O–H groups in total. The fourth-order valence-corrected chi connectivity index (χ4v) is 3.55. The average Bonchev–Trinajstić information content (AvgIpc) is 2.83. The molecule has 3 aromatic rings. The van der Waals surface area contributed by atoms with Crippen molar-refractivity contribution in [2.75, 3.05) is 27.2 Å². The molecule has 3 rings (SSSR count). The van der Waals surface area contributed by atoms with Crippen LogP contribution in [-0.4, -0.2) is 43.2 Å². The van der Waals surface area contributed by atoms with E-state index in [-0.39, 0.29) is 18.5 Å². The van der Waals surface area contributed by atoms with Crippen LogP contribution in [0.2, 0.25) is 0 Å². The Morgan fingerprint density at radius 1 is 0.800 bits per heavy atom. The van der Waals surface area contributed by atoms with Gasteiger partial charge in [0.1, 0.15) is 6.10 Å². The number of hydrogen-bond donors (Lipinski definition) is 1. The largest absolute Gasteiger partial charge is 0.481 e. The lowest BCUT2D eigenvalue weighted by Crippen LogP contribution is -2.20. The maximum atomic E-state index is 10.8. The number of hydrogen-bond acceptors (Lipinski definition) is 3. The van der Waals surface area contributed by atoms with Gasteiger partial charge >= 0.3 is 5.97 Å². The van der Waals surface area contributed by atoms with Crippen molar-refractivity contribution in [3.63, 3.8) is 0 Å². The third kappa shape index (κ3) is 11.1. The van der Waals surface area contributed by atoms with Gasteiger partial charge in [0.2, 0.25) is 0 Å².